The van der Waals surface area contributed by atoms with E-state index in [0.717, 1.165) is 17.6 Å². The molecule has 21 heavy (non-hydrogen) atoms. The molecular weight excluding hydrogens is 356 g/mol. The van der Waals surface area contributed by atoms with Crippen molar-refractivity contribution < 1.29 is 13.2 Å². The van der Waals surface area contributed by atoms with Crippen LogP contribution in [-0.2, 0) is 10.0 Å². The molecule has 1 fully saturated rings. The molecule has 5 nitrogen and oxygen atoms in total. The average molecular weight is 377 g/mol. The number of halogens is 1. The van der Waals surface area contributed by atoms with Gasteiger partial charge in [-0.1, -0.05) is 22.9 Å². The predicted molar refractivity (Wildman–Crippen MR) is 86.2 cm³/mol. The van der Waals surface area contributed by atoms with E-state index in [2.05, 4.69) is 34.7 Å². The third-order valence-electron chi connectivity index (χ3n) is 3.88. The quantitative estimate of drug-likeness (QED) is 0.807. The van der Waals surface area contributed by atoms with Crippen LogP contribution in [0, 0.1) is 0 Å². The lowest BCUT2D eigenvalue weighted by atomic mass is 10.2. The number of methoxy groups -OCH3 is 1. The van der Waals surface area contributed by atoms with Gasteiger partial charge in [0.2, 0.25) is 10.0 Å². The molecule has 0 spiro atoms. The summed E-state index contributed by atoms with van der Waals surface area (Å²) in [7, 11) is -2.05. The first-order valence-electron chi connectivity index (χ1n) is 6.98. The molecule has 0 bridgehead atoms. The number of ether oxygens (including phenoxy) is 1. The highest BCUT2D eigenvalue weighted by Crippen LogP contribution is 2.30. The van der Waals surface area contributed by atoms with E-state index in [4.69, 9.17) is 4.74 Å². The molecule has 118 valence electrons. The van der Waals surface area contributed by atoms with Gasteiger partial charge in [0.1, 0.15) is 10.6 Å². The fourth-order valence-corrected chi connectivity index (χ4v) is 4.85. The number of piperazine rings is 1. The summed E-state index contributed by atoms with van der Waals surface area (Å²) < 4.78 is 33.2. The largest absolute Gasteiger partial charge is 0.495 e. The molecule has 1 unspecified atom stereocenters. The molecule has 1 aromatic rings. The molecule has 1 aliphatic heterocycles. The first kappa shape index (κ1) is 16.7. The molecule has 7 heteroatoms. The van der Waals surface area contributed by atoms with E-state index in [1.807, 2.05) is 0 Å². The molecular formula is C14H21BrN2O3S. The normalized spacial score (nSPS) is 21.4. The van der Waals surface area contributed by atoms with Gasteiger partial charge in [0, 0.05) is 30.1 Å². The Morgan fingerprint density at radius 2 is 2.10 bits per heavy atom. The highest BCUT2D eigenvalue weighted by Gasteiger charge is 2.33. The van der Waals surface area contributed by atoms with Gasteiger partial charge in [-0.2, -0.15) is 4.31 Å². The van der Waals surface area contributed by atoms with Crippen LogP contribution in [0.4, 0.5) is 0 Å². The van der Waals surface area contributed by atoms with Crippen LogP contribution in [0.2, 0.25) is 0 Å². The number of benzene rings is 1. The molecule has 0 radical (unpaired) electrons. The summed E-state index contributed by atoms with van der Waals surface area (Å²) in [6.07, 6.45) is 0. The summed E-state index contributed by atoms with van der Waals surface area (Å²) in [5.41, 5.74) is 0. The van der Waals surface area contributed by atoms with Crippen molar-refractivity contribution in [2.45, 2.75) is 24.8 Å². The van der Waals surface area contributed by atoms with Crippen molar-refractivity contribution in [3.63, 3.8) is 0 Å². The zero-order valence-corrected chi connectivity index (χ0v) is 14.9. The number of sulfonamides is 1. The maximum Gasteiger partial charge on any atom is 0.246 e. The Balaban J connectivity index is 2.33. The Bertz CT molecular complexity index is 606. The highest BCUT2D eigenvalue weighted by molar-refractivity contribution is 9.10. The van der Waals surface area contributed by atoms with Gasteiger partial charge in [-0.05, 0) is 31.7 Å². The summed E-state index contributed by atoms with van der Waals surface area (Å²) in [5, 5.41) is 0. The fourth-order valence-electron chi connectivity index (χ4n) is 2.64. The number of hydrogen-bond acceptors (Lipinski definition) is 4. The molecule has 1 atom stereocenters. The molecule has 0 N–H and O–H groups in total. The van der Waals surface area contributed by atoms with E-state index in [-0.39, 0.29) is 10.9 Å². The Morgan fingerprint density at radius 3 is 2.67 bits per heavy atom. The number of rotatable bonds is 4. The second-order valence-electron chi connectivity index (χ2n) is 5.14. The molecule has 0 aromatic heterocycles. The van der Waals surface area contributed by atoms with Crippen LogP contribution in [0.1, 0.15) is 13.8 Å². The van der Waals surface area contributed by atoms with E-state index in [1.54, 1.807) is 22.5 Å². The number of likely N-dealkylation sites (N-methyl/N-ethyl adjacent to an activating group) is 1. The van der Waals surface area contributed by atoms with Crippen molar-refractivity contribution in [3.05, 3.63) is 22.7 Å². The monoisotopic (exact) mass is 376 g/mol. The van der Waals surface area contributed by atoms with Gasteiger partial charge < -0.3 is 4.74 Å². The Hall–Kier alpha value is -0.630. The Labute approximate surface area is 135 Å². The van der Waals surface area contributed by atoms with E-state index >= 15 is 0 Å². The first-order chi connectivity index (χ1) is 9.90. The summed E-state index contributed by atoms with van der Waals surface area (Å²) in [5.74, 6) is 0.378. The lowest BCUT2D eigenvalue weighted by Gasteiger charge is -2.38. The van der Waals surface area contributed by atoms with E-state index in [1.165, 1.54) is 7.11 Å². The maximum absolute atomic E-state index is 12.9. The minimum Gasteiger partial charge on any atom is -0.495 e. The van der Waals surface area contributed by atoms with Crippen molar-refractivity contribution in [3.8, 4) is 5.75 Å². The number of hydrogen-bond donors (Lipinski definition) is 0. The molecule has 0 aliphatic carbocycles. The number of nitrogens with zero attached hydrogens (tertiary/aromatic N) is 2. The molecule has 0 saturated carbocycles. The van der Waals surface area contributed by atoms with E-state index in [9.17, 15) is 8.42 Å². The zero-order valence-electron chi connectivity index (χ0n) is 12.5. The molecule has 1 heterocycles. The van der Waals surface area contributed by atoms with Crippen molar-refractivity contribution in [2.75, 3.05) is 33.3 Å². The lowest BCUT2D eigenvalue weighted by Crippen LogP contribution is -2.53. The van der Waals surface area contributed by atoms with Gasteiger partial charge in [0.05, 0.1) is 7.11 Å². The van der Waals surface area contributed by atoms with Crippen LogP contribution in [0.25, 0.3) is 0 Å². The van der Waals surface area contributed by atoms with Gasteiger partial charge in [0.25, 0.3) is 0 Å². The van der Waals surface area contributed by atoms with Crippen molar-refractivity contribution >= 4 is 26.0 Å². The van der Waals surface area contributed by atoms with Gasteiger partial charge in [-0.15, -0.1) is 0 Å². The van der Waals surface area contributed by atoms with Crippen molar-refractivity contribution in [2.24, 2.45) is 0 Å². The molecule has 2 rings (SSSR count). The average Bonchev–Trinajstić information content (AvgIpc) is 2.47. The van der Waals surface area contributed by atoms with Crippen LogP contribution in [-0.4, -0.2) is 57.0 Å². The van der Waals surface area contributed by atoms with Crippen molar-refractivity contribution in [1.29, 1.82) is 0 Å². The van der Waals surface area contributed by atoms with Gasteiger partial charge in [-0.3, -0.25) is 4.90 Å². The molecule has 1 aromatic carbocycles. The topological polar surface area (TPSA) is 49.9 Å². The second-order valence-corrected chi connectivity index (χ2v) is 7.96. The predicted octanol–water partition coefficient (Wildman–Crippen LogP) is 2.17. The summed E-state index contributed by atoms with van der Waals surface area (Å²) >= 11 is 3.33. The van der Waals surface area contributed by atoms with Gasteiger partial charge in [0.15, 0.2) is 0 Å². The summed E-state index contributed by atoms with van der Waals surface area (Å²) in [4.78, 5) is 2.50. The maximum atomic E-state index is 12.9. The van der Waals surface area contributed by atoms with Crippen LogP contribution >= 0.6 is 15.9 Å². The van der Waals surface area contributed by atoms with Gasteiger partial charge in [-0.25, -0.2) is 8.42 Å². The Kier molecular flexibility index (Phi) is 5.29. The van der Waals surface area contributed by atoms with Crippen LogP contribution in [0.5, 0.6) is 5.75 Å². The van der Waals surface area contributed by atoms with Crippen LogP contribution in [0.15, 0.2) is 27.6 Å². The van der Waals surface area contributed by atoms with E-state index in [0.29, 0.717) is 18.8 Å². The third-order valence-corrected chi connectivity index (χ3v) is 6.26. The molecule has 1 saturated heterocycles. The smallest absolute Gasteiger partial charge is 0.246 e. The van der Waals surface area contributed by atoms with Crippen molar-refractivity contribution in [1.82, 2.24) is 9.21 Å². The SMILES string of the molecule is CCN1CCN(S(=O)(=O)c2cc(Br)ccc2OC)CC1C. The first-order valence-corrected chi connectivity index (χ1v) is 9.21. The van der Waals surface area contributed by atoms with E-state index < -0.39 is 10.0 Å². The summed E-state index contributed by atoms with van der Waals surface area (Å²) in [6, 6.07) is 5.26. The molecule has 1 aliphatic rings. The highest BCUT2D eigenvalue weighted by atomic mass is 79.9. The second kappa shape index (κ2) is 6.64. The minimum absolute atomic E-state index is 0.219. The standard InChI is InChI=1S/C14H21BrN2O3S/c1-4-16-7-8-17(10-11(16)2)21(18,19)14-9-12(15)5-6-13(14)20-3/h5-6,9,11H,4,7-8,10H2,1-3H3. The fraction of sp³-hybridized carbons (Fsp3) is 0.571. The lowest BCUT2D eigenvalue weighted by molar-refractivity contribution is 0.135. The summed E-state index contributed by atoms with van der Waals surface area (Å²) in [6.45, 7) is 6.87. The van der Waals surface area contributed by atoms with Crippen LogP contribution in [0.3, 0.4) is 0 Å². The Morgan fingerprint density at radius 1 is 1.38 bits per heavy atom. The third kappa shape index (κ3) is 3.41. The van der Waals surface area contributed by atoms with Crippen LogP contribution < -0.4 is 4.74 Å². The zero-order chi connectivity index (χ0) is 15.6. The van der Waals surface area contributed by atoms with Gasteiger partial charge >= 0.3 is 0 Å². The molecule has 0 amide bonds. The minimum atomic E-state index is -3.54.